The Morgan fingerprint density at radius 2 is 2.21 bits per heavy atom. The normalized spacial score (nSPS) is 27.7. The topological polar surface area (TPSA) is 29.1 Å². The van der Waals surface area contributed by atoms with E-state index < -0.39 is 0 Å². The molecule has 1 aromatic rings. The average Bonchev–Trinajstić information content (AvgIpc) is 2.91. The first kappa shape index (κ1) is 8.48. The Bertz CT molecular complexity index is 441. The quantitative estimate of drug-likeness (QED) is 0.755. The van der Waals surface area contributed by atoms with Crippen molar-refractivity contribution in [2.24, 2.45) is 5.92 Å². The monoisotopic (exact) mass is 251 g/mol. The third kappa shape index (κ3) is 0.989. The van der Waals surface area contributed by atoms with Gasteiger partial charge in [-0.05, 0) is 42.5 Å². The molecular formula is C11H10BrNO. The number of halogens is 1. The predicted octanol–water partition coefficient (Wildman–Crippen LogP) is 2.81. The summed E-state index contributed by atoms with van der Waals surface area (Å²) in [5.41, 5.74) is 3.62. The number of hydrogen-bond acceptors (Lipinski definition) is 1. The van der Waals surface area contributed by atoms with Gasteiger partial charge in [0.15, 0.2) is 0 Å². The van der Waals surface area contributed by atoms with Crippen LogP contribution in [0.3, 0.4) is 0 Å². The smallest absolute Gasteiger partial charge is 0.228 e. The second-order valence-electron chi connectivity index (χ2n) is 4.07. The number of amides is 1. The molecule has 14 heavy (non-hydrogen) atoms. The minimum atomic E-state index is 0.198. The van der Waals surface area contributed by atoms with Crippen LogP contribution >= 0.6 is 15.9 Å². The number of rotatable bonds is 0. The number of nitrogens with one attached hydrogen (secondary N) is 1. The summed E-state index contributed by atoms with van der Waals surface area (Å²) in [6.07, 6.45) is 1.02. The lowest BCUT2D eigenvalue weighted by molar-refractivity contribution is -0.117. The lowest BCUT2D eigenvalue weighted by Crippen LogP contribution is -2.20. The van der Waals surface area contributed by atoms with Crippen molar-refractivity contribution in [2.75, 3.05) is 5.32 Å². The zero-order valence-electron chi connectivity index (χ0n) is 7.80. The van der Waals surface area contributed by atoms with E-state index in [0.717, 1.165) is 16.6 Å². The third-order valence-electron chi connectivity index (χ3n) is 3.20. The van der Waals surface area contributed by atoms with E-state index in [9.17, 15) is 4.79 Å². The van der Waals surface area contributed by atoms with Gasteiger partial charge in [0.1, 0.15) is 0 Å². The summed E-state index contributed by atoms with van der Waals surface area (Å²) in [5.74, 6) is 0.927. The molecule has 2 aliphatic rings. The summed E-state index contributed by atoms with van der Waals surface area (Å²) in [6.45, 7) is 2.11. The molecule has 1 aliphatic heterocycles. The maximum Gasteiger partial charge on any atom is 0.228 e. The molecule has 1 amide bonds. The molecule has 1 aromatic carbocycles. The summed E-state index contributed by atoms with van der Waals surface area (Å²) in [6, 6.07) is 3.98. The zero-order valence-corrected chi connectivity index (χ0v) is 9.39. The van der Waals surface area contributed by atoms with Gasteiger partial charge in [-0.25, -0.2) is 0 Å². The van der Waals surface area contributed by atoms with Crippen LogP contribution in [-0.4, -0.2) is 5.91 Å². The van der Waals surface area contributed by atoms with E-state index in [-0.39, 0.29) is 11.8 Å². The molecule has 1 fully saturated rings. The van der Waals surface area contributed by atoms with Gasteiger partial charge in [0.2, 0.25) is 5.91 Å². The average molecular weight is 252 g/mol. The second-order valence-corrected chi connectivity index (χ2v) is 4.93. The Morgan fingerprint density at radius 3 is 3.00 bits per heavy atom. The molecule has 2 atom stereocenters. The van der Waals surface area contributed by atoms with Crippen LogP contribution < -0.4 is 5.32 Å². The van der Waals surface area contributed by atoms with Crippen molar-refractivity contribution in [2.45, 2.75) is 19.3 Å². The van der Waals surface area contributed by atoms with Crippen LogP contribution in [0, 0.1) is 12.8 Å². The molecule has 0 radical (unpaired) electrons. The number of benzene rings is 1. The SMILES string of the molecule is Cc1c(Br)ccc2c1C1CC1C(=O)N2. The maximum atomic E-state index is 11.5. The number of carbonyl (C=O) groups is 1. The Labute approximate surface area is 90.8 Å². The lowest BCUT2D eigenvalue weighted by Gasteiger charge is -2.19. The van der Waals surface area contributed by atoms with Crippen molar-refractivity contribution in [3.63, 3.8) is 0 Å². The van der Waals surface area contributed by atoms with Crippen LogP contribution in [0.2, 0.25) is 0 Å². The first-order valence-corrected chi connectivity index (χ1v) is 5.57. The molecule has 3 rings (SSSR count). The molecule has 1 N–H and O–H groups in total. The maximum absolute atomic E-state index is 11.5. The van der Waals surface area contributed by atoms with Gasteiger partial charge in [-0.15, -0.1) is 0 Å². The Kier molecular flexibility index (Phi) is 1.57. The third-order valence-corrected chi connectivity index (χ3v) is 4.06. The van der Waals surface area contributed by atoms with Crippen molar-refractivity contribution in [1.82, 2.24) is 0 Å². The molecule has 2 unspecified atom stereocenters. The van der Waals surface area contributed by atoms with Gasteiger partial charge in [-0.3, -0.25) is 4.79 Å². The molecule has 2 nitrogen and oxygen atoms in total. The largest absolute Gasteiger partial charge is 0.326 e. The van der Waals surface area contributed by atoms with Crippen molar-refractivity contribution >= 4 is 27.5 Å². The van der Waals surface area contributed by atoms with Crippen LogP contribution in [0.5, 0.6) is 0 Å². The first-order chi connectivity index (χ1) is 6.68. The van der Waals surface area contributed by atoms with Crippen LogP contribution in [-0.2, 0) is 4.79 Å². The highest BCUT2D eigenvalue weighted by Gasteiger charge is 2.49. The summed E-state index contributed by atoms with van der Waals surface area (Å²) >= 11 is 3.52. The van der Waals surface area contributed by atoms with Crippen molar-refractivity contribution in [3.05, 3.63) is 27.7 Å². The lowest BCUT2D eigenvalue weighted by atomic mass is 9.98. The van der Waals surface area contributed by atoms with Gasteiger partial charge in [0, 0.05) is 16.1 Å². The number of hydrogen-bond donors (Lipinski definition) is 1. The number of fused-ring (bicyclic) bond motifs is 3. The van der Waals surface area contributed by atoms with Crippen LogP contribution in [0.25, 0.3) is 0 Å². The first-order valence-electron chi connectivity index (χ1n) is 4.78. The number of carbonyl (C=O) groups excluding carboxylic acids is 1. The second kappa shape index (κ2) is 2.60. The standard InChI is InChI=1S/C11H10BrNO/c1-5-8(12)2-3-9-10(5)6-4-7(6)11(14)13-9/h2-3,6-7H,4H2,1H3,(H,13,14). The fraction of sp³-hybridized carbons (Fsp3) is 0.364. The van der Waals surface area contributed by atoms with Crippen LogP contribution in [0.1, 0.15) is 23.5 Å². The van der Waals surface area contributed by atoms with Gasteiger partial charge in [0.25, 0.3) is 0 Å². The fourth-order valence-electron chi connectivity index (χ4n) is 2.32. The highest BCUT2D eigenvalue weighted by molar-refractivity contribution is 9.10. The minimum absolute atomic E-state index is 0.198. The van der Waals surface area contributed by atoms with E-state index in [2.05, 4.69) is 28.2 Å². The Morgan fingerprint density at radius 1 is 1.43 bits per heavy atom. The van der Waals surface area contributed by atoms with Gasteiger partial charge < -0.3 is 5.32 Å². The van der Waals surface area contributed by atoms with Gasteiger partial charge in [-0.2, -0.15) is 0 Å². The van der Waals surface area contributed by atoms with E-state index >= 15 is 0 Å². The van der Waals surface area contributed by atoms with Crippen LogP contribution in [0.4, 0.5) is 5.69 Å². The van der Waals surface area contributed by atoms with E-state index in [1.807, 2.05) is 12.1 Å². The molecule has 0 saturated heterocycles. The van der Waals surface area contributed by atoms with Gasteiger partial charge in [0.05, 0.1) is 0 Å². The highest BCUT2D eigenvalue weighted by atomic mass is 79.9. The molecule has 0 spiro atoms. The fourth-order valence-corrected chi connectivity index (χ4v) is 2.66. The van der Waals surface area contributed by atoms with Gasteiger partial charge >= 0.3 is 0 Å². The molecule has 1 heterocycles. The van der Waals surface area contributed by atoms with Crippen LogP contribution in [0.15, 0.2) is 16.6 Å². The van der Waals surface area contributed by atoms with E-state index in [4.69, 9.17) is 0 Å². The highest BCUT2D eigenvalue weighted by Crippen LogP contribution is 2.55. The summed E-state index contributed by atoms with van der Waals surface area (Å²) in [7, 11) is 0. The minimum Gasteiger partial charge on any atom is -0.326 e. The molecule has 0 aromatic heterocycles. The summed E-state index contributed by atoms with van der Waals surface area (Å²) < 4.78 is 1.14. The van der Waals surface area contributed by atoms with E-state index in [1.54, 1.807) is 0 Å². The molecule has 72 valence electrons. The molecule has 3 heteroatoms. The van der Waals surface area contributed by atoms with Gasteiger partial charge in [-0.1, -0.05) is 15.9 Å². The Balaban J connectivity index is 2.21. The predicted molar refractivity (Wildman–Crippen MR) is 58.4 cm³/mol. The number of anilines is 1. The molecule has 0 bridgehead atoms. The van der Waals surface area contributed by atoms with Crippen molar-refractivity contribution in [1.29, 1.82) is 0 Å². The molecule has 1 aliphatic carbocycles. The van der Waals surface area contributed by atoms with Crippen molar-refractivity contribution in [3.8, 4) is 0 Å². The Hall–Kier alpha value is -0.830. The summed E-state index contributed by atoms with van der Waals surface area (Å²) in [4.78, 5) is 11.5. The zero-order chi connectivity index (χ0) is 9.87. The molecular weight excluding hydrogens is 242 g/mol. The van der Waals surface area contributed by atoms with Crippen molar-refractivity contribution < 1.29 is 4.79 Å². The van der Waals surface area contributed by atoms with E-state index in [0.29, 0.717) is 5.92 Å². The van der Waals surface area contributed by atoms with E-state index in [1.165, 1.54) is 11.1 Å². The molecule has 1 saturated carbocycles. The summed E-state index contributed by atoms with van der Waals surface area (Å²) in [5, 5.41) is 2.96.